The smallest absolute Gasteiger partial charge is 0.224 e. The van der Waals surface area contributed by atoms with Crippen molar-refractivity contribution in [2.75, 3.05) is 29.2 Å². The molecule has 2 rings (SSSR count). The lowest BCUT2D eigenvalue weighted by molar-refractivity contribution is 0.682. The molecule has 82 valence electrons. The van der Waals surface area contributed by atoms with Crippen LogP contribution in [0.2, 0.25) is 0 Å². The van der Waals surface area contributed by atoms with Crippen molar-refractivity contribution in [3.05, 3.63) is 12.3 Å². The van der Waals surface area contributed by atoms with Gasteiger partial charge in [0.1, 0.15) is 5.82 Å². The zero-order valence-electron chi connectivity index (χ0n) is 8.86. The van der Waals surface area contributed by atoms with E-state index in [9.17, 15) is 0 Å². The van der Waals surface area contributed by atoms with Crippen LogP contribution in [0, 0.1) is 0 Å². The number of aromatic nitrogens is 2. The van der Waals surface area contributed by atoms with Gasteiger partial charge in [-0.1, -0.05) is 0 Å². The minimum absolute atomic E-state index is 0.559. The highest BCUT2D eigenvalue weighted by molar-refractivity contribution is 7.99. The third-order valence-electron chi connectivity index (χ3n) is 2.39. The number of anilines is 2. The van der Waals surface area contributed by atoms with Gasteiger partial charge in [-0.25, -0.2) is 4.98 Å². The van der Waals surface area contributed by atoms with Crippen LogP contribution in [0.5, 0.6) is 0 Å². The Hall–Kier alpha value is -0.970. The Morgan fingerprint density at radius 2 is 2.47 bits per heavy atom. The lowest BCUT2D eigenvalue weighted by Crippen LogP contribution is -2.26. The topological polar surface area (TPSA) is 49.8 Å². The van der Waals surface area contributed by atoms with Crippen molar-refractivity contribution in [3.8, 4) is 0 Å². The van der Waals surface area contributed by atoms with Crippen LogP contribution in [-0.2, 0) is 0 Å². The van der Waals surface area contributed by atoms with Crippen LogP contribution in [-0.4, -0.2) is 34.6 Å². The number of nitrogens with zero attached hydrogens (tertiary/aromatic N) is 2. The SMILES string of the molecule is CNc1nccc(NC2CCCSC2)n1. The highest BCUT2D eigenvalue weighted by atomic mass is 32.2. The quantitative estimate of drug-likeness (QED) is 0.820. The van der Waals surface area contributed by atoms with E-state index in [1.165, 1.54) is 24.3 Å². The standard InChI is InChI=1S/C10H16N4S/c1-11-10-12-5-4-9(14-10)13-8-3-2-6-15-7-8/h4-5,8H,2-3,6-7H2,1H3,(H2,11,12,13,14). The molecule has 1 saturated heterocycles. The van der Waals surface area contributed by atoms with Gasteiger partial charge < -0.3 is 10.6 Å². The summed E-state index contributed by atoms with van der Waals surface area (Å²) in [6.07, 6.45) is 4.31. The van der Waals surface area contributed by atoms with Crippen LogP contribution in [0.1, 0.15) is 12.8 Å². The molecule has 2 N–H and O–H groups in total. The fraction of sp³-hybridized carbons (Fsp3) is 0.600. The molecule has 1 atom stereocenters. The molecule has 5 heteroatoms. The predicted octanol–water partition coefficient (Wildman–Crippen LogP) is 1.83. The molecule has 1 aromatic heterocycles. The average Bonchev–Trinajstić information content (AvgIpc) is 2.31. The van der Waals surface area contributed by atoms with Crippen molar-refractivity contribution >= 4 is 23.5 Å². The maximum Gasteiger partial charge on any atom is 0.224 e. The van der Waals surface area contributed by atoms with Gasteiger partial charge in [0.2, 0.25) is 5.95 Å². The van der Waals surface area contributed by atoms with E-state index in [1.807, 2.05) is 24.9 Å². The fourth-order valence-electron chi connectivity index (χ4n) is 1.62. The molecule has 15 heavy (non-hydrogen) atoms. The summed E-state index contributed by atoms with van der Waals surface area (Å²) in [5, 5.41) is 6.38. The Bertz CT molecular complexity index is 312. The van der Waals surface area contributed by atoms with Crippen molar-refractivity contribution in [2.45, 2.75) is 18.9 Å². The van der Waals surface area contributed by atoms with E-state index in [2.05, 4.69) is 20.6 Å². The normalized spacial score (nSPS) is 21.0. The molecule has 0 spiro atoms. The number of hydrogen-bond acceptors (Lipinski definition) is 5. The van der Waals surface area contributed by atoms with Gasteiger partial charge in [-0.05, 0) is 24.7 Å². The van der Waals surface area contributed by atoms with Crippen LogP contribution in [0.4, 0.5) is 11.8 Å². The van der Waals surface area contributed by atoms with Crippen molar-refractivity contribution in [1.82, 2.24) is 9.97 Å². The average molecular weight is 224 g/mol. The number of hydrogen-bond donors (Lipinski definition) is 2. The molecule has 1 aromatic rings. The molecule has 0 amide bonds. The van der Waals surface area contributed by atoms with E-state index in [-0.39, 0.29) is 0 Å². The fourth-order valence-corrected chi connectivity index (χ4v) is 2.70. The largest absolute Gasteiger partial charge is 0.366 e. The summed E-state index contributed by atoms with van der Waals surface area (Å²) in [6.45, 7) is 0. The van der Waals surface area contributed by atoms with Crippen LogP contribution in [0.25, 0.3) is 0 Å². The van der Waals surface area contributed by atoms with Crippen molar-refractivity contribution in [1.29, 1.82) is 0 Å². The van der Waals surface area contributed by atoms with Gasteiger partial charge in [0.25, 0.3) is 0 Å². The Kier molecular flexibility index (Phi) is 3.66. The van der Waals surface area contributed by atoms with Crippen molar-refractivity contribution in [3.63, 3.8) is 0 Å². The van der Waals surface area contributed by atoms with Gasteiger partial charge in [-0.2, -0.15) is 16.7 Å². The molecule has 2 heterocycles. The summed E-state index contributed by atoms with van der Waals surface area (Å²) in [4.78, 5) is 8.43. The van der Waals surface area contributed by atoms with Crippen molar-refractivity contribution < 1.29 is 0 Å². The molecule has 0 saturated carbocycles. The lowest BCUT2D eigenvalue weighted by atomic mass is 10.2. The van der Waals surface area contributed by atoms with E-state index in [4.69, 9.17) is 0 Å². The zero-order valence-corrected chi connectivity index (χ0v) is 9.68. The van der Waals surface area contributed by atoms with Crippen LogP contribution >= 0.6 is 11.8 Å². The summed E-state index contributed by atoms with van der Waals surface area (Å²) in [5.74, 6) is 4.06. The molecular weight excluding hydrogens is 208 g/mol. The second-order valence-electron chi connectivity index (χ2n) is 3.57. The highest BCUT2D eigenvalue weighted by Gasteiger charge is 2.13. The Morgan fingerprint density at radius 1 is 1.53 bits per heavy atom. The first-order valence-corrected chi connectivity index (χ1v) is 6.39. The molecule has 0 aromatic carbocycles. The molecule has 1 aliphatic rings. The summed E-state index contributed by atoms with van der Waals surface area (Å²) in [5.41, 5.74) is 0. The van der Waals surface area contributed by atoms with Gasteiger partial charge >= 0.3 is 0 Å². The van der Waals surface area contributed by atoms with E-state index >= 15 is 0 Å². The first kappa shape index (κ1) is 10.5. The first-order valence-electron chi connectivity index (χ1n) is 5.23. The second kappa shape index (κ2) is 5.21. The number of nitrogens with one attached hydrogen (secondary N) is 2. The second-order valence-corrected chi connectivity index (χ2v) is 4.72. The predicted molar refractivity (Wildman–Crippen MR) is 65.5 cm³/mol. The first-order chi connectivity index (χ1) is 7.38. The van der Waals surface area contributed by atoms with E-state index in [0.717, 1.165) is 5.82 Å². The molecule has 0 bridgehead atoms. The maximum absolute atomic E-state index is 4.34. The summed E-state index contributed by atoms with van der Waals surface area (Å²) >= 11 is 2.01. The number of thioether (sulfide) groups is 1. The zero-order chi connectivity index (χ0) is 10.5. The summed E-state index contributed by atoms with van der Waals surface area (Å²) < 4.78 is 0. The summed E-state index contributed by atoms with van der Waals surface area (Å²) in [6, 6.07) is 2.48. The molecule has 0 radical (unpaired) electrons. The molecule has 1 fully saturated rings. The highest BCUT2D eigenvalue weighted by Crippen LogP contribution is 2.20. The Balaban J connectivity index is 1.96. The third kappa shape index (κ3) is 2.99. The molecule has 0 aliphatic carbocycles. The van der Waals surface area contributed by atoms with Crippen LogP contribution in [0.15, 0.2) is 12.3 Å². The van der Waals surface area contributed by atoms with E-state index in [0.29, 0.717) is 12.0 Å². The molecule has 1 aliphatic heterocycles. The summed E-state index contributed by atoms with van der Waals surface area (Å²) in [7, 11) is 1.83. The Morgan fingerprint density at radius 3 is 3.20 bits per heavy atom. The lowest BCUT2D eigenvalue weighted by Gasteiger charge is -2.22. The van der Waals surface area contributed by atoms with Gasteiger partial charge in [0.05, 0.1) is 0 Å². The minimum Gasteiger partial charge on any atom is -0.366 e. The number of rotatable bonds is 3. The molecule has 1 unspecified atom stereocenters. The van der Waals surface area contributed by atoms with Gasteiger partial charge in [-0.15, -0.1) is 0 Å². The monoisotopic (exact) mass is 224 g/mol. The van der Waals surface area contributed by atoms with Gasteiger partial charge in [0, 0.05) is 25.0 Å². The van der Waals surface area contributed by atoms with Gasteiger partial charge in [-0.3, -0.25) is 0 Å². The third-order valence-corrected chi connectivity index (χ3v) is 3.61. The Labute approximate surface area is 94.3 Å². The maximum atomic E-state index is 4.34. The molecular formula is C10H16N4S. The molecule has 4 nitrogen and oxygen atoms in total. The van der Waals surface area contributed by atoms with Crippen molar-refractivity contribution in [2.24, 2.45) is 0 Å². The van der Waals surface area contributed by atoms with E-state index in [1.54, 1.807) is 6.20 Å². The van der Waals surface area contributed by atoms with E-state index < -0.39 is 0 Å². The van der Waals surface area contributed by atoms with Crippen LogP contribution < -0.4 is 10.6 Å². The van der Waals surface area contributed by atoms with Crippen LogP contribution in [0.3, 0.4) is 0 Å². The van der Waals surface area contributed by atoms with Gasteiger partial charge in [0.15, 0.2) is 0 Å². The minimum atomic E-state index is 0.559.